The van der Waals surface area contributed by atoms with E-state index in [2.05, 4.69) is 15.3 Å². The van der Waals surface area contributed by atoms with Crippen LogP contribution in [-0.2, 0) is 0 Å². The molecule has 0 fully saturated rings. The molecular formula is C15H9Cl2N3O. The molecule has 0 aliphatic heterocycles. The van der Waals surface area contributed by atoms with Gasteiger partial charge in [0, 0.05) is 5.39 Å². The smallest absolute Gasteiger partial charge is 0.274 e. The Morgan fingerprint density at radius 1 is 1.10 bits per heavy atom. The lowest BCUT2D eigenvalue weighted by Crippen LogP contribution is -2.14. The van der Waals surface area contributed by atoms with Crippen LogP contribution in [0.5, 0.6) is 0 Å². The summed E-state index contributed by atoms with van der Waals surface area (Å²) in [6.45, 7) is 0. The van der Waals surface area contributed by atoms with Gasteiger partial charge in [-0.3, -0.25) is 4.79 Å². The summed E-state index contributed by atoms with van der Waals surface area (Å²) in [5.74, 6) is -0.355. The normalized spacial score (nSPS) is 10.6. The molecule has 6 heteroatoms. The second-order valence-electron chi connectivity index (χ2n) is 4.34. The fraction of sp³-hybridized carbons (Fsp3) is 0. The van der Waals surface area contributed by atoms with Gasteiger partial charge in [0.05, 0.1) is 11.9 Å². The SMILES string of the molecule is O=C(Nc1ccc(Cl)nc1)c1cc2ccccc2c(Cl)n1. The average Bonchev–Trinajstić information content (AvgIpc) is 2.49. The van der Waals surface area contributed by atoms with Crippen molar-refractivity contribution in [2.75, 3.05) is 5.32 Å². The number of rotatable bonds is 2. The number of halogens is 2. The van der Waals surface area contributed by atoms with E-state index < -0.39 is 0 Å². The number of amides is 1. The lowest BCUT2D eigenvalue weighted by Gasteiger charge is -2.06. The highest BCUT2D eigenvalue weighted by Crippen LogP contribution is 2.22. The van der Waals surface area contributed by atoms with Crippen LogP contribution in [0.3, 0.4) is 0 Å². The summed E-state index contributed by atoms with van der Waals surface area (Å²) in [6.07, 6.45) is 1.48. The van der Waals surface area contributed by atoms with Crippen LogP contribution in [0.25, 0.3) is 10.8 Å². The monoisotopic (exact) mass is 317 g/mol. The van der Waals surface area contributed by atoms with E-state index in [1.54, 1.807) is 18.2 Å². The van der Waals surface area contributed by atoms with Crippen molar-refractivity contribution >= 4 is 45.6 Å². The fourth-order valence-corrected chi connectivity index (χ4v) is 2.29. The topological polar surface area (TPSA) is 54.9 Å². The number of hydrogen-bond donors (Lipinski definition) is 1. The molecule has 0 spiro atoms. The molecule has 0 aliphatic rings. The van der Waals surface area contributed by atoms with Gasteiger partial charge in [0.1, 0.15) is 16.0 Å². The molecule has 0 atom stereocenters. The zero-order valence-corrected chi connectivity index (χ0v) is 12.2. The van der Waals surface area contributed by atoms with Crippen molar-refractivity contribution in [3.05, 3.63) is 64.7 Å². The second kappa shape index (κ2) is 5.68. The van der Waals surface area contributed by atoms with E-state index >= 15 is 0 Å². The first-order valence-electron chi connectivity index (χ1n) is 6.12. The number of nitrogens with zero attached hydrogens (tertiary/aromatic N) is 2. The molecule has 1 amide bonds. The number of nitrogens with one attached hydrogen (secondary N) is 1. The van der Waals surface area contributed by atoms with Crippen LogP contribution in [-0.4, -0.2) is 15.9 Å². The maximum Gasteiger partial charge on any atom is 0.274 e. The molecule has 0 saturated heterocycles. The standard InChI is InChI=1S/C15H9Cl2N3O/c16-13-6-5-10(8-18-13)19-15(21)12-7-9-3-1-2-4-11(9)14(17)20-12/h1-8H,(H,19,21). The lowest BCUT2D eigenvalue weighted by atomic mass is 10.1. The van der Waals surface area contributed by atoms with E-state index in [-0.39, 0.29) is 11.6 Å². The van der Waals surface area contributed by atoms with Crippen molar-refractivity contribution in [3.8, 4) is 0 Å². The quantitative estimate of drug-likeness (QED) is 0.721. The largest absolute Gasteiger partial charge is 0.319 e. The summed E-state index contributed by atoms with van der Waals surface area (Å²) in [5, 5.41) is 5.02. The number of hydrogen-bond acceptors (Lipinski definition) is 3. The van der Waals surface area contributed by atoms with E-state index in [0.717, 1.165) is 10.8 Å². The molecule has 3 aromatic rings. The number of carbonyl (C=O) groups excluding carboxylic acids is 1. The van der Waals surface area contributed by atoms with Crippen molar-refractivity contribution in [1.82, 2.24) is 9.97 Å². The average molecular weight is 318 g/mol. The molecule has 0 unspecified atom stereocenters. The Hall–Kier alpha value is -2.17. The van der Waals surface area contributed by atoms with Crippen LogP contribution in [0, 0.1) is 0 Å². The number of benzene rings is 1. The molecule has 0 radical (unpaired) electrons. The van der Waals surface area contributed by atoms with Crippen LogP contribution in [0.4, 0.5) is 5.69 Å². The summed E-state index contributed by atoms with van der Waals surface area (Å²) in [7, 11) is 0. The Balaban J connectivity index is 1.92. The fourth-order valence-electron chi connectivity index (χ4n) is 1.92. The van der Waals surface area contributed by atoms with Gasteiger partial charge in [0.25, 0.3) is 5.91 Å². The Morgan fingerprint density at radius 2 is 1.90 bits per heavy atom. The Morgan fingerprint density at radius 3 is 2.67 bits per heavy atom. The summed E-state index contributed by atoms with van der Waals surface area (Å²) in [5.41, 5.74) is 0.782. The molecule has 2 heterocycles. The zero-order chi connectivity index (χ0) is 14.8. The van der Waals surface area contributed by atoms with Crippen LogP contribution >= 0.6 is 23.2 Å². The first-order chi connectivity index (χ1) is 10.1. The van der Waals surface area contributed by atoms with Crippen molar-refractivity contribution in [3.63, 3.8) is 0 Å². The maximum absolute atomic E-state index is 12.2. The van der Waals surface area contributed by atoms with Crippen LogP contribution in [0.1, 0.15) is 10.5 Å². The van der Waals surface area contributed by atoms with E-state index in [9.17, 15) is 4.79 Å². The molecule has 3 rings (SSSR count). The van der Waals surface area contributed by atoms with Crippen molar-refractivity contribution in [2.24, 2.45) is 0 Å². The van der Waals surface area contributed by atoms with Gasteiger partial charge in [-0.2, -0.15) is 0 Å². The highest BCUT2D eigenvalue weighted by atomic mass is 35.5. The number of aromatic nitrogens is 2. The van der Waals surface area contributed by atoms with E-state index in [1.165, 1.54) is 6.20 Å². The summed E-state index contributed by atoms with van der Waals surface area (Å²) in [4.78, 5) is 20.2. The van der Waals surface area contributed by atoms with Crippen molar-refractivity contribution in [1.29, 1.82) is 0 Å². The molecule has 21 heavy (non-hydrogen) atoms. The van der Waals surface area contributed by atoms with Gasteiger partial charge in [-0.25, -0.2) is 9.97 Å². The van der Waals surface area contributed by atoms with Gasteiger partial charge in [-0.1, -0.05) is 47.5 Å². The third-order valence-corrected chi connectivity index (χ3v) is 3.42. The zero-order valence-electron chi connectivity index (χ0n) is 10.7. The number of fused-ring (bicyclic) bond motifs is 1. The predicted octanol–water partition coefficient (Wildman–Crippen LogP) is 4.19. The lowest BCUT2D eigenvalue weighted by molar-refractivity contribution is 0.102. The summed E-state index contributed by atoms with van der Waals surface area (Å²) < 4.78 is 0. The van der Waals surface area contributed by atoms with E-state index in [1.807, 2.05) is 24.3 Å². The summed E-state index contributed by atoms with van der Waals surface area (Å²) in [6, 6.07) is 12.4. The highest BCUT2D eigenvalue weighted by Gasteiger charge is 2.11. The molecule has 2 aromatic heterocycles. The molecule has 0 aliphatic carbocycles. The molecule has 1 aromatic carbocycles. The third-order valence-electron chi connectivity index (χ3n) is 2.91. The first kappa shape index (κ1) is 13.8. The van der Waals surface area contributed by atoms with E-state index in [4.69, 9.17) is 23.2 Å². The minimum Gasteiger partial charge on any atom is -0.319 e. The summed E-state index contributed by atoms with van der Waals surface area (Å²) >= 11 is 11.8. The van der Waals surface area contributed by atoms with Gasteiger partial charge >= 0.3 is 0 Å². The predicted molar refractivity (Wildman–Crippen MR) is 84.0 cm³/mol. The molecule has 0 bridgehead atoms. The Labute approximate surface area is 130 Å². The van der Waals surface area contributed by atoms with Gasteiger partial charge in [-0.05, 0) is 23.6 Å². The number of anilines is 1. The molecule has 0 saturated carbocycles. The van der Waals surface area contributed by atoms with Crippen LogP contribution in [0.2, 0.25) is 10.3 Å². The maximum atomic E-state index is 12.2. The highest BCUT2D eigenvalue weighted by molar-refractivity contribution is 6.34. The van der Waals surface area contributed by atoms with Crippen molar-refractivity contribution < 1.29 is 4.79 Å². The molecule has 1 N–H and O–H groups in total. The van der Waals surface area contributed by atoms with Crippen molar-refractivity contribution in [2.45, 2.75) is 0 Å². The Bertz CT molecular complexity index is 819. The minimum atomic E-state index is -0.355. The number of pyridine rings is 2. The van der Waals surface area contributed by atoms with Gasteiger partial charge in [0.15, 0.2) is 0 Å². The minimum absolute atomic E-state index is 0.244. The van der Waals surface area contributed by atoms with Gasteiger partial charge in [-0.15, -0.1) is 0 Å². The second-order valence-corrected chi connectivity index (χ2v) is 5.09. The molecule has 4 nitrogen and oxygen atoms in total. The third kappa shape index (κ3) is 2.96. The number of carbonyl (C=O) groups is 1. The van der Waals surface area contributed by atoms with Gasteiger partial charge < -0.3 is 5.32 Å². The van der Waals surface area contributed by atoms with E-state index in [0.29, 0.717) is 16.0 Å². The first-order valence-corrected chi connectivity index (χ1v) is 6.87. The van der Waals surface area contributed by atoms with Crippen LogP contribution < -0.4 is 5.32 Å². The molecule has 104 valence electrons. The Kier molecular flexibility index (Phi) is 3.73. The molecular weight excluding hydrogens is 309 g/mol. The van der Waals surface area contributed by atoms with Crippen LogP contribution in [0.15, 0.2) is 48.7 Å². The van der Waals surface area contributed by atoms with Gasteiger partial charge in [0.2, 0.25) is 0 Å².